The van der Waals surface area contributed by atoms with Gasteiger partial charge in [-0.15, -0.1) is 0 Å². The van der Waals surface area contributed by atoms with Gasteiger partial charge in [0, 0.05) is 11.8 Å². The summed E-state index contributed by atoms with van der Waals surface area (Å²) in [5, 5.41) is 0.121. The topological polar surface area (TPSA) is 35.2 Å². The summed E-state index contributed by atoms with van der Waals surface area (Å²) in [5.41, 5.74) is 6.63. The number of ether oxygens (including phenoxy) is 1. The first kappa shape index (κ1) is 10.4. The first-order valence-corrected chi connectivity index (χ1v) is 4.90. The monoisotopic (exact) mass is 197 g/mol. The molecule has 0 aliphatic rings. The normalized spacial score (nSPS) is 12.5. The lowest BCUT2D eigenvalue weighted by Crippen LogP contribution is -2.06. The van der Waals surface area contributed by atoms with E-state index in [0.29, 0.717) is 13.2 Å². The molecule has 0 saturated carbocycles. The van der Waals surface area contributed by atoms with E-state index in [1.165, 1.54) is 0 Å². The van der Waals surface area contributed by atoms with Gasteiger partial charge in [0.2, 0.25) is 0 Å². The van der Waals surface area contributed by atoms with Crippen molar-refractivity contribution in [1.82, 2.24) is 0 Å². The van der Waals surface area contributed by atoms with Crippen LogP contribution >= 0.6 is 12.6 Å². The molecule has 0 aromatic heterocycles. The summed E-state index contributed by atoms with van der Waals surface area (Å²) in [6.45, 7) is 3.22. The van der Waals surface area contributed by atoms with Gasteiger partial charge in [-0.2, -0.15) is 12.6 Å². The maximum Gasteiger partial charge on any atom is 0.119 e. The summed E-state index contributed by atoms with van der Waals surface area (Å²) in [5.74, 6) is 0.892. The zero-order valence-electron chi connectivity index (χ0n) is 7.73. The summed E-state index contributed by atoms with van der Waals surface area (Å²) in [6, 6.07) is 7.88. The van der Waals surface area contributed by atoms with Gasteiger partial charge in [0.25, 0.3) is 0 Å². The largest absolute Gasteiger partial charge is 0.494 e. The average Bonchev–Trinajstić information content (AvgIpc) is 2.18. The Morgan fingerprint density at radius 3 is 2.46 bits per heavy atom. The van der Waals surface area contributed by atoms with E-state index in [1.807, 2.05) is 31.2 Å². The Bertz CT molecular complexity index is 248. The Balaban J connectivity index is 2.69. The van der Waals surface area contributed by atoms with Crippen LogP contribution < -0.4 is 10.5 Å². The van der Waals surface area contributed by atoms with Crippen molar-refractivity contribution in [3.05, 3.63) is 29.8 Å². The number of thiol groups is 1. The van der Waals surface area contributed by atoms with Crippen LogP contribution in [-0.4, -0.2) is 13.2 Å². The molecule has 0 fully saturated rings. The van der Waals surface area contributed by atoms with E-state index in [-0.39, 0.29) is 5.25 Å². The molecule has 2 nitrogen and oxygen atoms in total. The van der Waals surface area contributed by atoms with E-state index in [0.717, 1.165) is 11.3 Å². The first-order valence-electron chi connectivity index (χ1n) is 4.38. The molecule has 2 N–H and O–H groups in total. The fourth-order valence-electron chi connectivity index (χ4n) is 1.09. The third-order valence-corrected chi connectivity index (χ3v) is 2.31. The summed E-state index contributed by atoms with van der Waals surface area (Å²) in [7, 11) is 0. The fraction of sp³-hybridized carbons (Fsp3) is 0.400. The van der Waals surface area contributed by atoms with Crippen LogP contribution in [0.15, 0.2) is 24.3 Å². The molecule has 0 aliphatic heterocycles. The molecule has 0 heterocycles. The number of nitrogens with two attached hydrogens (primary N) is 1. The van der Waals surface area contributed by atoms with Crippen molar-refractivity contribution < 1.29 is 4.74 Å². The Hall–Kier alpha value is -0.670. The maximum atomic E-state index is 5.49. The molecule has 3 heteroatoms. The van der Waals surface area contributed by atoms with Crippen molar-refractivity contribution in [2.45, 2.75) is 12.2 Å². The van der Waals surface area contributed by atoms with Gasteiger partial charge < -0.3 is 10.5 Å². The molecular formula is C10H15NOS. The second-order valence-corrected chi connectivity index (χ2v) is 3.38. The second kappa shape index (κ2) is 5.14. The number of benzene rings is 1. The van der Waals surface area contributed by atoms with Crippen molar-refractivity contribution >= 4 is 12.6 Å². The highest BCUT2D eigenvalue weighted by molar-refractivity contribution is 7.80. The molecule has 1 aromatic rings. The third-order valence-electron chi connectivity index (χ3n) is 1.80. The summed E-state index contributed by atoms with van der Waals surface area (Å²) in [6.07, 6.45) is 0. The van der Waals surface area contributed by atoms with Crippen LogP contribution in [0.25, 0.3) is 0 Å². The summed E-state index contributed by atoms with van der Waals surface area (Å²) >= 11 is 4.34. The van der Waals surface area contributed by atoms with Crippen molar-refractivity contribution in [3.8, 4) is 5.75 Å². The van der Waals surface area contributed by atoms with E-state index in [9.17, 15) is 0 Å². The SMILES string of the molecule is CCOc1ccc(C(S)CN)cc1. The Morgan fingerprint density at radius 2 is 2.00 bits per heavy atom. The zero-order valence-corrected chi connectivity index (χ0v) is 8.63. The standard InChI is InChI=1S/C10H15NOS/c1-2-12-9-5-3-8(4-6-9)10(13)7-11/h3-6,10,13H,2,7,11H2,1H3. The molecule has 1 rings (SSSR count). The van der Waals surface area contributed by atoms with Crippen LogP contribution in [0.4, 0.5) is 0 Å². The highest BCUT2D eigenvalue weighted by atomic mass is 32.1. The quantitative estimate of drug-likeness (QED) is 0.724. The van der Waals surface area contributed by atoms with Crippen molar-refractivity contribution in [3.63, 3.8) is 0 Å². The molecule has 0 saturated heterocycles. The average molecular weight is 197 g/mol. The van der Waals surface area contributed by atoms with Gasteiger partial charge in [-0.3, -0.25) is 0 Å². The molecule has 1 unspecified atom stereocenters. The highest BCUT2D eigenvalue weighted by Crippen LogP contribution is 2.21. The Labute approximate surface area is 84.5 Å². The number of hydrogen-bond donors (Lipinski definition) is 2. The molecule has 13 heavy (non-hydrogen) atoms. The predicted molar refractivity (Wildman–Crippen MR) is 58.4 cm³/mol. The molecule has 72 valence electrons. The van der Waals surface area contributed by atoms with Crippen LogP contribution in [0, 0.1) is 0 Å². The van der Waals surface area contributed by atoms with Gasteiger partial charge in [-0.05, 0) is 24.6 Å². The lowest BCUT2D eigenvalue weighted by atomic mass is 10.1. The molecule has 0 spiro atoms. The van der Waals surface area contributed by atoms with Gasteiger partial charge in [0.15, 0.2) is 0 Å². The van der Waals surface area contributed by atoms with Crippen LogP contribution in [-0.2, 0) is 0 Å². The van der Waals surface area contributed by atoms with Gasteiger partial charge in [-0.25, -0.2) is 0 Å². The summed E-state index contributed by atoms with van der Waals surface area (Å²) < 4.78 is 5.32. The van der Waals surface area contributed by atoms with Crippen molar-refractivity contribution in [2.75, 3.05) is 13.2 Å². The second-order valence-electron chi connectivity index (χ2n) is 2.75. The van der Waals surface area contributed by atoms with E-state index in [1.54, 1.807) is 0 Å². The van der Waals surface area contributed by atoms with E-state index in [2.05, 4.69) is 12.6 Å². The molecule has 0 radical (unpaired) electrons. The molecular weight excluding hydrogens is 182 g/mol. The Kier molecular flexibility index (Phi) is 4.12. The van der Waals surface area contributed by atoms with Crippen LogP contribution in [0.5, 0.6) is 5.75 Å². The van der Waals surface area contributed by atoms with E-state index >= 15 is 0 Å². The van der Waals surface area contributed by atoms with E-state index in [4.69, 9.17) is 10.5 Å². The zero-order chi connectivity index (χ0) is 9.68. The van der Waals surface area contributed by atoms with Gasteiger partial charge in [0.05, 0.1) is 6.61 Å². The number of rotatable bonds is 4. The first-order chi connectivity index (χ1) is 6.27. The van der Waals surface area contributed by atoms with Gasteiger partial charge in [-0.1, -0.05) is 12.1 Å². The number of hydrogen-bond acceptors (Lipinski definition) is 3. The lowest BCUT2D eigenvalue weighted by Gasteiger charge is -2.08. The van der Waals surface area contributed by atoms with Crippen LogP contribution in [0.2, 0.25) is 0 Å². The minimum Gasteiger partial charge on any atom is -0.494 e. The lowest BCUT2D eigenvalue weighted by molar-refractivity contribution is 0.340. The minimum absolute atomic E-state index is 0.121. The molecule has 1 atom stereocenters. The highest BCUT2D eigenvalue weighted by Gasteiger charge is 2.02. The minimum atomic E-state index is 0.121. The summed E-state index contributed by atoms with van der Waals surface area (Å²) in [4.78, 5) is 0. The van der Waals surface area contributed by atoms with Crippen molar-refractivity contribution in [1.29, 1.82) is 0 Å². The van der Waals surface area contributed by atoms with Crippen LogP contribution in [0.3, 0.4) is 0 Å². The molecule has 0 amide bonds. The smallest absolute Gasteiger partial charge is 0.119 e. The van der Waals surface area contributed by atoms with E-state index < -0.39 is 0 Å². The molecule has 0 aliphatic carbocycles. The maximum absolute atomic E-state index is 5.49. The van der Waals surface area contributed by atoms with Crippen molar-refractivity contribution in [2.24, 2.45) is 5.73 Å². The molecule has 0 bridgehead atoms. The Morgan fingerprint density at radius 1 is 1.38 bits per heavy atom. The fourth-order valence-corrected chi connectivity index (χ4v) is 1.26. The molecule has 1 aromatic carbocycles. The third kappa shape index (κ3) is 2.94. The van der Waals surface area contributed by atoms with Gasteiger partial charge >= 0.3 is 0 Å². The van der Waals surface area contributed by atoms with Crippen LogP contribution in [0.1, 0.15) is 17.7 Å². The van der Waals surface area contributed by atoms with Gasteiger partial charge in [0.1, 0.15) is 5.75 Å². The predicted octanol–water partition coefficient (Wildman–Crippen LogP) is 2.01.